The summed E-state index contributed by atoms with van der Waals surface area (Å²) in [5.41, 5.74) is 0.863. The Morgan fingerprint density at radius 1 is 0.909 bits per heavy atom. The van der Waals surface area contributed by atoms with Crippen LogP contribution in [-0.4, -0.2) is 13.2 Å². The average Bonchev–Trinajstić information content (AvgIpc) is 2.55. The van der Waals surface area contributed by atoms with Gasteiger partial charge in [-0.15, -0.1) is 12.1 Å². The predicted octanol–water partition coefficient (Wildman–Crippen LogP) is 5.58. The van der Waals surface area contributed by atoms with Crippen LogP contribution in [0.5, 0.6) is 0 Å². The molecule has 2 rings (SSSR count). The molecule has 0 aromatic heterocycles. The Balaban J connectivity index is 2.38. The number of rotatable bonds is 8. The summed E-state index contributed by atoms with van der Waals surface area (Å²) in [6.07, 6.45) is 0. The first-order valence-electron chi connectivity index (χ1n) is 7.24. The highest BCUT2D eigenvalue weighted by Gasteiger charge is 2.31. The molecule has 0 saturated heterocycles. The largest absolute Gasteiger partial charge is 0.316 e. The Morgan fingerprint density at radius 3 is 1.91 bits per heavy atom. The van der Waals surface area contributed by atoms with Crippen LogP contribution in [0.2, 0.25) is 0 Å². The van der Waals surface area contributed by atoms with Crippen LogP contribution < -0.4 is 0 Å². The zero-order valence-electron chi connectivity index (χ0n) is 12.8. The second kappa shape index (κ2) is 8.44. The van der Waals surface area contributed by atoms with Crippen molar-refractivity contribution >= 4 is 19.4 Å². The lowest BCUT2D eigenvalue weighted by Gasteiger charge is -2.32. The van der Waals surface area contributed by atoms with Crippen LogP contribution in [0.25, 0.3) is 0 Å². The molecule has 22 heavy (non-hydrogen) atoms. The standard InChI is InChI=1S/C17H20O3PS/c1-3-19-21(18,20-4-2)17(15-11-7-5-8-12-15)22-16-13-9-6-10-14-16/h5-14H,3-4H2,1-2H3/q-1. The van der Waals surface area contributed by atoms with Gasteiger partial charge in [-0.2, -0.15) is 29.5 Å². The van der Waals surface area contributed by atoms with E-state index in [-0.39, 0.29) is 0 Å². The second-order valence-electron chi connectivity index (χ2n) is 4.42. The molecule has 0 aliphatic rings. The van der Waals surface area contributed by atoms with Crippen molar-refractivity contribution in [2.75, 3.05) is 13.2 Å². The zero-order chi connectivity index (χ0) is 15.8. The first-order valence-corrected chi connectivity index (χ1v) is 9.60. The van der Waals surface area contributed by atoms with Crippen LogP contribution in [0.1, 0.15) is 19.4 Å². The van der Waals surface area contributed by atoms with E-state index in [4.69, 9.17) is 9.05 Å². The number of hydrogen-bond donors (Lipinski definition) is 0. The maximum Gasteiger partial charge on any atom is 0.316 e. The topological polar surface area (TPSA) is 35.5 Å². The third-order valence-electron chi connectivity index (χ3n) is 2.83. The van der Waals surface area contributed by atoms with Gasteiger partial charge in [-0.1, -0.05) is 24.3 Å². The molecule has 2 aromatic rings. The van der Waals surface area contributed by atoms with Crippen LogP contribution in [0.15, 0.2) is 65.6 Å². The summed E-state index contributed by atoms with van der Waals surface area (Å²) in [5.74, 6) is 0. The van der Waals surface area contributed by atoms with Gasteiger partial charge in [0.25, 0.3) is 0 Å². The van der Waals surface area contributed by atoms with Crippen molar-refractivity contribution in [3.63, 3.8) is 0 Å². The summed E-state index contributed by atoms with van der Waals surface area (Å²) in [5, 5.41) is 0. The van der Waals surface area contributed by atoms with Crippen LogP contribution in [0.4, 0.5) is 0 Å². The summed E-state index contributed by atoms with van der Waals surface area (Å²) in [6.45, 7) is 4.31. The number of benzene rings is 2. The minimum Gasteiger partial charge on any atom is -0.314 e. The Kier molecular flexibility index (Phi) is 6.59. The second-order valence-corrected chi connectivity index (χ2v) is 7.76. The Hall–Kier alpha value is -1.19. The monoisotopic (exact) mass is 335 g/mol. The maximum absolute atomic E-state index is 13.2. The molecule has 0 unspecified atom stereocenters. The smallest absolute Gasteiger partial charge is 0.314 e. The van der Waals surface area contributed by atoms with Gasteiger partial charge in [-0.05, 0) is 30.9 Å². The van der Waals surface area contributed by atoms with Gasteiger partial charge in [0.1, 0.15) is 0 Å². The summed E-state index contributed by atoms with van der Waals surface area (Å²) in [7, 11) is -3.34. The van der Waals surface area contributed by atoms with Gasteiger partial charge in [0.15, 0.2) is 0 Å². The minimum absolute atomic E-state index is 0.336. The maximum atomic E-state index is 13.2. The van der Waals surface area contributed by atoms with E-state index in [1.54, 1.807) is 0 Å². The van der Waals surface area contributed by atoms with E-state index in [9.17, 15) is 4.57 Å². The van der Waals surface area contributed by atoms with E-state index >= 15 is 0 Å². The molecule has 0 amide bonds. The Bertz CT molecular complexity index is 594. The van der Waals surface area contributed by atoms with Crippen molar-refractivity contribution in [1.82, 2.24) is 0 Å². The van der Waals surface area contributed by atoms with Crippen molar-refractivity contribution < 1.29 is 13.6 Å². The van der Waals surface area contributed by atoms with Gasteiger partial charge in [-0.25, -0.2) is 0 Å². The Labute approximate surface area is 136 Å². The molecule has 0 heterocycles. The molecule has 2 aromatic carbocycles. The first kappa shape index (κ1) is 17.2. The van der Waals surface area contributed by atoms with Crippen molar-refractivity contribution in [3.8, 4) is 0 Å². The Morgan fingerprint density at radius 2 is 1.41 bits per heavy atom. The molecule has 0 aliphatic carbocycles. The van der Waals surface area contributed by atoms with E-state index < -0.39 is 7.60 Å². The fourth-order valence-corrected chi connectivity index (χ4v) is 5.25. The third-order valence-corrected chi connectivity index (χ3v) is 6.66. The summed E-state index contributed by atoms with van der Waals surface area (Å²) < 4.78 is 24.3. The average molecular weight is 335 g/mol. The zero-order valence-corrected chi connectivity index (χ0v) is 14.5. The van der Waals surface area contributed by atoms with Crippen LogP contribution in [-0.2, 0) is 13.6 Å². The molecule has 5 heteroatoms. The molecule has 0 saturated carbocycles. The van der Waals surface area contributed by atoms with Gasteiger partial charge in [0.2, 0.25) is 0 Å². The molecule has 0 atom stereocenters. The van der Waals surface area contributed by atoms with Crippen LogP contribution in [0.3, 0.4) is 0 Å². The molecule has 0 N–H and O–H groups in total. The highest BCUT2D eigenvalue weighted by Crippen LogP contribution is 2.66. The third kappa shape index (κ3) is 4.40. The fraction of sp³-hybridized carbons (Fsp3) is 0.235. The van der Waals surface area contributed by atoms with Gasteiger partial charge in [-0.3, -0.25) is 4.57 Å². The minimum atomic E-state index is -3.34. The summed E-state index contributed by atoms with van der Waals surface area (Å²) in [6, 6.07) is 19.5. The van der Waals surface area contributed by atoms with Crippen molar-refractivity contribution in [2.45, 2.75) is 18.7 Å². The lowest BCUT2D eigenvalue weighted by Crippen LogP contribution is -2.05. The van der Waals surface area contributed by atoms with E-state index in [1.165, 1.54) is 11.8 Å². The van der Waals surface area contributed by atoms with Crippen molar-refractivity contribution in [1.29, 1.82) is 0 Å². The molecular weight excluding hydrogens is 315 g/mol. The van der Waals surface area contributed by atoms with Crippen LogP contribution >= 0.6 is 19.4 Å². The molecule has 0 fully saturated rings. The quantitative estimate of drug-likeness (QED) is 0.358. The van der Waals surface area contributed by atoms with Gasteiger partial charge < -0.3 is 9.05 Å². The van der Waals surface area contributed by atoms with Gasteiger partial charge in [0, 0.05) is 4.99 Å². The molecule has 3 nitrogen and oxygen atoms in total. The highest BCUT2D eigenvalue weighted by atomic mass is 32.2. The van der Waals surface area contributed by atoms with Gasteiger partial charge >= 0.3 is 7.60 Å². The first-order chi connectivity index (χ1) is 10.7. The number of thioether (sulfide) groups is 1. The summed E-state index contributed by atoms with van der Waals surface area (Å²) >= 11 is 1.43. The predicted molar refractivity (Wildman–Crippen MR) is 91.9 cm³/mol. The van der Waals surface area contributed by atoms with E-state index in [1.807, 2.05) is 74.5 Å². The summed E-state index contributed by atoms with van der Waals surface area (Å²) in [4.78, 5) is 1.63. The lowest BCUT2D eigenvalue weighted by atomic mass is 10.2. The molecule has 0 spiro atoms. The lowest BCUT2D eigenvalue weighted by molar-refractivity contribution is 0.225. The normalized spacial score (nSPS) is 11.4. The number of hydrogen-bond acceptors (Lipinski definition) is 4. The fourth-order valence-electron chi connectivity index (χ4n) is 1.95. The van der Waals surface area contributed by atoms with Gasteiger partial charge in [0.05, 0.1) is 13.2 Å². The molecule has 0 aliphatic heterocycles. The van der Waals surface area contributed by atoms with E-state index in [0.29, 0.717) is 18.2 Å². The molecule has 0 bridgehead atoms. The van der Waals surface area contributed by atoms with E-state index in [0.717, 1.165) is 10.5 Å². The molecular formula is C17H20O3PS-. The molecule has 0 radical (unpaired) electrons. The highest BCUT2D eigenvalue weighted by molar-refractivity contribution is 8.09. The van der Waals surface area contributed by atoms with Crippen molar-refractivity contribution in [3.05, 3.63) is 71.2 Å². The van der Waals surface area contributed by atoms with Crippen LogP contribution in [0, 0.1) is 4.99 Å². The SMILES string of the molecule is CCOP(=O)(OCC)[C-](Sc1ccccc1)c1ccccc1. The van der Waals surface area contributed by atoms with E-state index in [2.05, 4.69) is 0 Å². The van der Waals surface area contributed by atoms with Crippen molar-refractivity contribution in [2.24, 2.45) is 0 Å². The molecule has 118 valence electrons.